The van der Waals surface area contributed by atoms with Gasteiger partial charge in [0.1, 0.15) is 0 Å². The first-order valence-corrected chi connectivity index (χ1v) is 8.79. The highest BCUT2D eigenvalue weighted by molar-refractivity contribution is 7.99. The molecule has 1 N–H and O–H groups in total. The molecule has 0 spiro atoms. The smallest absolute Gasteiger partial charge is 0.230 e. The number of carbonyl (C=O) groups is 1. The van der Waals surface area contributed by atoms with E-state index >= 15 is 0 Å². The molecule has 23 heavy (non-hydrogen) atoms. The van der Waals surface area contributed by atoms with Gasteiger partial charge in [-0.25, -0.2) is 0 Å². The number of nitrogens with one attached hydrogen (secondary N) is 1. The summed E-state index contributed by atoms with van der Waals surface area (Å²) in [7, 11) is 1.68. The second kappa shape index (κ2) is 9.38. The molecule has 0 aliphatic carbocycles. The minimum Gasteiger partial charge on any atom is -0.380 e. The highest BCUT2D eigenvalue weighted by Gasteiger charge is 2.02. The molecular formula is C19H23NO2S. The van der Waals surface area contributed by atoms with Crippen LogP contribution in [0.5, 0.6) is 0 Å². The molecule has 0 unspecified atom stereocenters. The summed E-state index contributed by atoms with van der Waals surface area (Å²) in [5.74, 6) is 1.41. The molecule has 0 saturated carbocycles. The maximum Gasteiger partial charge on any atom is 0.230 e. The number of methoxy groups -OCH3 is 1. The summed E-state index contributed by atoms with van der Waals surface area (Å²) in [4.78, 5) is 11.9. The predicted molar refractivity (Wildman–Crippen MR) is 96.3 cm³/mol. The summed E-state index contributed by atoms with van der Waals surface area (Å²) in [6.45, 7) is 3.26. The number of hydrogen-bond donors (Lipinski definition) is 1. The molecule has 2 aromatic rings. The van der Waals surface area contributed by atoms with E-state index in [2.05, 4.69) is 36.5 Å². The molecule has 4 heteroatoms. The average molecular weight is 329 g/mol. The number of aryl methyl sites for hydroxylation is 1. The Morgan fingerprint density at radius 1 is 1.00 bits per heavy atom. The van der Waals surface area contributed by atoms with Crippen LogP contribution in [0, 0.1) is 6.92 Å². The Balaban J connectivity index is 1.67. The molecule has 0 heterocycles. The third-order valence-corrected chi connectivity index (χ3v) is 4.45. The van der Waals surface area contributed by atoms with Crippen molar-refractivity contribution in [3.05, 3.63) is 70.8 Å². The van der Waals surface area contributed by atoms with Gasteiger partial charge in [0, 0.05) is 19.4 Å². The lowest BCUT2D eigenvalue weighted by Gasteiger charge is -2.07. The van der Waals surface area contributed by atoms with Gasteiger partial charge >= 0.3 is 0 Å². The second-order valence-electron chi connectivity index (χ2n) is 5.50. The van der Waals surface area contributed by atoms with Crippen molar-refractivity contribution in [3.63, 3.8) is 0 Å². The van der Waals surface area contributed by atoms with Crippen LogP contribution in [0.1, 0.15) is 22.3 Å². The highest BCUT2D eigenvalue weighted by Crippen LogP contribution is 2.12. The van der Waals surface area contributed by atoms with Crippen LogP contribution < -0.4 is 5.32 Å². The molecule has 2 aromatic carbocycles. The Morgan fingerprint density at radius 3 is 2.26 bits per heavy atom. The van der Waals surface area contributed by atoms with Gasteiger partial charge < -0.3 is 10.1 Å². The summed E-state index contributed by atoms with van der Waals surface area (Å²) in [5.41, 5.74) is 4.74. The largest absolute Gasteiger partial charge is 0.380 e. The van der Waals surface area contributed by atoms with Gasteiger partial charge in [0.2, 0.25) is 5.91 Å². The van der Waals surface area contributed by atoms with Gasteiger partial charge in [-0.1, -0.05) is 54.1 Å². The maximum absolute atomic E-state index is 11.9. The summed E-state index contributed by atoms with van der Waals surface area (Å²) >= 11 is 1.64. The molecular weight excluding hydrogens is 306 g/mol. The van der Waals surface area contributed by atoms with Gasteiger partial charge in [0.05, 0.1) is 12.4 Å². The molecule has 0 atom stereocenters. The standard InChI is InChI=1S/C19H23NO2S/c1-15-3-5-18(6-4-15)13-23-14-19(21)20-11-16-7-9-17(10-8-16)12-22-2/h3-10H,11-14H2,1-2H3,(H,20,21). The van der Waals surface area contributed by atoms with Crippen LogP contribution in [0.3, 0.4) is 0 Å². The molecule has 1 amide bonds. The zero-order valence-corrected chi connectivity index (χ0v) is 14.5. The van der Waals surface area contributed by atoms with Gasteiger partial charge in [-0.3, -0.25) is 4.79 Å². The van der Waals surface area contributed by atoms with E-state index in [9.17, 15) is 4.79 Å². The van der Waals surface area contributed by atoms with Crippen molar-refractivity contribution in [2.75, 3.05) is 12.9 Å². The van der Waals surface area contributed by atoms with E-state index in [1.807, 2.05) is 24.3 Å². The van der Waals surface area contributed by atoms with Crippen LogP contribution in [0.25, 0.3) is 0 Å². The first-order valence-electron chi connectivity index (χ1n) is 7.64. The minimum absolute atomic E-state index is 0.0723. The van der Waals surface area contributed by atoms with E-state index in [0.717, 1.165) is 16.9 Å². The highest BCUT2D eigenvalue weighted by atomic mass is 32.2. The normalized spacial score (nSPS) is 10.5. The van der Waals surface area contributed by atoms with E-state index in [1.54, 1.807) is 18.9 Å². The van der Waals surface area contributed by atoms with E-state index in [1.165, 1.54) is 11.1 Å². The van der Waals surface area contributed by atoms with Crippen molar-refractivity contribution in [3.8, 4) is 0 Å². The second-order valence-corrected chi connectivity index (χ2v) is 6.49. The van der Waals surface area contributed by atoms with Crippen LogP contribution in [0.2, 0.25) is 0 Å². The lowest BCUT2D eigenvalue weighted by Crippen LogP contribution is -2.24. The SMILES string of the molecule is COCc1ccc(CNC(=O)CSCc2ccc(C)cc2)cc1. The van der Waals surface area contributed by atoms with Gasteiger partial charge in [0.15, 0.2) is 0 Å². The van der Waals surface area contributed by atoms with Crippen LogP contribution in [-0.2, 0) is 28.4 Å². The Bertz CT molecular complexity index is 608. The third-order valence-electron chi connectivity index (χ3n) is 3.45. The Labute approximate surface area is 142 Å². The number of ether oxygens (including phenoxy) is 1. The Kier molecular flexibility index (Phi) is 7.17. The zero-order valence-electron chi connectivity index (χ0n) is 13.7. The summed E-state index contributed by atoms with van der Waals surface area (Å²) in [6, 6.07) is 16.5. The summed E-state index contributed by atoms with van der Waals surface area (Å²) in [6.07, 6.45) is 0. The molecule has 0 aliphatic rings. The van der Waals surface area contributed by atoms with Crippen LogP contribution in [0.4, 0.5) is 0 Å². The Hall–Kier alpha value is -1.78. The van der Waals surface area contributed by atoms with Crippen LogP contribution in [0.15, 0.2) is 48.5 Å². The summed E-state index contributed by atoms with van der Waals surface area (Å²) < 4.78 is 5.08. The molecule has 2 rings (SSSR count). The number of hydrogen-bond acceptors (Lipinski definition) is 3. The molecule has 0 saturated heterocycles. The van der Waals surface area contributed by atoms with Crippen molar-refractivity contribution < 1.29 is 9.53 Å². The Morgan fingerprint density at radius 2 is 1.61 bits per heavy atom. The van der Waals surface area contributed by atoms with Gasteiger partial charge in [-0.2, -0.15) is 0 Å². The van der Waals surface area contributed by atoms with Crippen molar-refractivity contribution in [2.24, 2.45) is 0 Å². The maximum atomic E-state index is 11.9. The summed E-state index contributed by atoms with van der Waals surface area (Å²) in [5, 5.41) is 2.95. The van der Waals surface area contributed by atoms with Crippen molar-refractivity contribution in [1.82, 2.24) is 5.32 Å². The molecule has 0 aromatic heterocycles. The van der Waals surface area contributed by atoms with Gasteiger partial charge in [-0.05, 0) is 23.6 Å². The number of benzene rings is 2. The molecule has 122 valence electrons. The lowest BCUT2D eigenvalue weighted by molar-refractivity contribution is -0.118. The fraction of sp³-hybridized carbons (Fsp3) is 0.316. The van der Waals surface area contributed by atoms with Crippen LogP contribution in [-0.4, -0.2) is 18.8 Å². The number of carbonyl (C=O) groups excluding carboxylic acids is 1. The minimum atomic E-state index is 0.0723. The molecule has 0 bridgehead atoms. The number of amides is 1. The monoisotopic (exact) mass is 329 g/mol. The first kappa shape index (κ1) is 17.6. The van der Waals surface area contributed by atoms with E-state index in [-0.39, 0.29) is 5.91 Å². The predicted octanol–water partition coefficient (Wildman–Crippen LogP) is 3.69. The van der Waals surface area contributed by atoms with Gasteiger partial charge in [0.25, 0.3) is 0 Å². The molecule has 0 fully saturated rings. The number of thioether (sulfide) groups is 1. The quantitative estimate of drug-likeness (QED) is 0.803. The average Bonchev–Trinajstić information content (AvgIpc) is 2.56. The first-order chi connectivity index (χ1) is 11.2. The van der Waals surface area contributed by atoms with Crippen LogP contribution >= 0.6 is 11.8 Å². The van der Waals surface area contributed by atoms with E-state index < -0.39 is 0 Å². The van der Waals surface area contributed by atoms with Crippen molar-refractivity contribution >= 4 is 17.7 Å². The fourth-order valence-electron chi connectivity index (χ4n) is 2.12. The lowest BCUT2D eigenvalue weighted by atomic mass is 10.1. The van der Waals surface area contributed by atoms with Crippen molar-refractivity contribution in [1.29, 1.82) is 0 Å². The fourth-order valence-corrected chi connectivity index (χ4v) is 2.94. The topological polar surface area (TPSA) is 38.3 Å². The zero-order chi connectivity index (χ0) is 16.5. The molecule has 0 aliphatic heterocycles. The third kappa shape index (κ3) is 6.47. The van der Waals surface area contributed by atoms with Crippen molar-refractivity contribution in [2.45, 2.75) is 25.8 Å². The van der Waals surface area contributed by atoms with E-state index in [0.29, 0.717) is 18.9 Å². The van der Waals surface area contributed by atoms with E-state index in [4.69, 9.17) is 4.74 Å². The molecule has 0 radical (unpaired) electrons. The molecule has 3 nitrogen and oxygen atoms in total. The van der Waals surface area contributed by atoms with Gasteiger partial charge in [-0.15, -0.1) is 11.8 Å². The number of rotatable bonds is 8.